The van der Waals surface area contributed by atoms with Gasteiger partial charge >= 0.3 is 0 Å². The Morgan fingerprint density at radius 1 is 1.10 bits per heavy atom. The minimum atomic E-state index is 0.141. The lowest BCUT2D eigenvalue weighted by atomic mass is 9.98. The summed E-state index contributed by atoms with van der Waals surface area (Å²) < 4.78 is 2.02. The molecule has 0 bridgehead atoms. The topological polar surface area (TPSA) is 55.9 Å². The fourth-order valence-corrected chi connectivity index (χ4v) is 2.55. The molecule has 102 valence electrons. The van der Waals surface area contributed by atoms with Crippen molar-refractivity contribution < 1.29 is 0 Å². The minimum absolute atomic E-state index is 0.141. The highest BCUT2D eigenvalue weighted by molar-refractivity contribution is 5.76. The number of nitrogens with two attached hydrogens (primary N) is 1. The Balaban J connectivity index is 2.04. The molecule has 0 spiro atoms. The second-order valence-corrected chi connectivity index (χ2v) is 4.99. The Bertz CT molecular complexity index is 728. The first-order valence-corrected chi connectivity index (χ1v) is 6.62. The van der Waals surface area contributed by atoms with E-state index in [-0.39, 0.29) is 6.04 Å². The molecule has 3 rings (SSSR count). The van der Waals surface area contributed by atoms with Crippen LogP contribution in [0.5, 0.6) is 0 Å². The van der Waals surface area contributed by atoms with Gasteiger partial charge in [0.1, 0.15) is 0 Å². The van der Waals surface area contributed by atoms with Gasteiger partial charge < -0.3 is 15.6 Å². The average molecular weight is 266 g/mol. The van der Waals surface area contributed by atoms with Crippen molar-refractivity contribution in [1.29, 1.82) is 0 Å². The van der Waals surface area contributed by atoms with E-state index in [9.17, 15) is 0 Å². The van der Waals surface area contributed by atoms with Crippen LogP contribution in [0, 0.1) is 0 Å². The van der Waals surface area contributed by atoms with E-state index < -0.39 is 0 Å². The van der Waals surface area contributed by atoms with E-state index in [0.717, 1.165) is 16.7 Å². The number of aryl methyl sites for hydroxylation is 1. The molecule has 0 aliphatic heterocycles. The molecule has 1 atom stereocenters. The highest BCUT2D eigenvalue weighted by Gasteiger charge is 2.13. The Morgan fingerprint density at radius 2 is 1.80 bits per heavy atom. The van der Waals surface area contributed by atoms with E-state index in [0.29, 0.717) is 0 Å². The van der Waals surface area contributed by atoms with Crippen LogP contribution >= 0.6 is 0 Å². The molecule has 4 nitrogen and oxygen atoms in total. The molecule has 3 aromatic rings. The predicted molar refractivity (Wildman–Crippen MR) is 82.5 cm³/mol. The molecule has 0 radical (unpaired) electrons. The molecule has 0 saturated carbocycles. The lowest BCUT2D eigenvalue weighted by Gasteiger charge is -2.17. The summed E-state index contributed by atoms with van der Waals surface area (Å²) in [5.41, 5.74) is 11.1. The monoisotopic (exact) mass is 266 g/mol. The SMILES string of the molecule is CNC(c1ccc(N)cc1)c1ccc2c(c1)ncn2C. The van der Waals surface area contributed by atoms with Gasteiger partial charge in [-0.25, -0.2) is 4.98 Å². The number of nitrogens with zero attached hydrogens (tertiary/aromatic N) is 2. The van der Waals surface area contributed by atoms with Gasteiger partial charge in [0.25, 0.3) is 0 Å². The van der Waals surface area contributed by atoms with Crippen LogP contribution in [0.25, 0.3) is 11.0 Å². The van der Waals surface area contributed by atoms with E-state index in [4.69, 9.17) is 5.73 Å². The van der Waals surface area contributed by atoms with E-state index in [1.807, 2.05) is 37.1 Å². The Labute approximate surface area is 118 Å². The number of nitrogen functional groups attached to an aromatic ring is 1. The summed E-state index contributed by atoms with van der Waals surface area (Å²) in [7, 11) is 3.97. The van der Waals surface area contributed by atoms with Crippen molar-refractivity contribution in [3.05, 3.63) is 59.9 Å². The molecule has 0 saturated heterocycles. The summed E-state index contributed by atoms with van der Waals surface area (Å²) >= 11 is 0. The molecule has 1 heterocycles. The van der Waals surface area contributed by atoms with E-state index in [1.165, 1.54) is 11.1 Å². The van der Waals surface area contributed by atoms with Gasteiger partial charge in [0.2, 0.25) is 0 Å². The summed E-state index contributed by atoms with van der Waals surface area (Å²) in [6, 6.07) is 14.5. The summed E-state index contributed by atoms with van der Waals surface area (Å²) in [6.07, 6.45) is 1.84. The van der Waals surface area contributed by atoms with Gasteiger partial charge in [-0.15, -0.1) is 0 Å². The first-order chi connectivity index (χ1) is 9.69. The number of fused-ring (bicyclic) bond motifs is 1. The first-order valence-electron chi connectivity index (χ1n) is 6.62. The molecule has 0 aliphatic carbocycles. The molecular formula is C16H18N4. The molecule has 20 heavy (non-hydrogen) atoms. The van der Waals surface area contributed by atoms with Gasteiger partial charge in [-0.1, -0.05) is 18.2 Å². The first kappa shape index (κ1) is 12.7. The van der Waals surface area contributed by atoms with Crippen LogP contribution in [-0.4, -0.2) is 16.6 Å². The van der Waals surface area contributed by atoms with Crippen molar-refractivity contribution >= 4 is 16.7 Å². The average Bonchev–Trinajstić information content (AvgIpc) is 2.83. The fraction of sp³-hybridized carbons (Fsp3) is 0.188. The maximum Gasteiger partial charge on any atom is 0.0955 e. The summed E-state index contributed by atoms with van der Waals surface area (Å²) in [5, 5.41) is 3.35. The zero-order valence-corrected chi connectivity index (χ0v) is 11.7. The smallest absolute Gasteiger partial charge is 0.0955 e. The molecule has 0 fully saturated rings. The van der Waals surface area contributed by atoms with Crippen LogP contribution < -0.4 is 11.1 Å². The van der Waals surface area contributed by atoms with Crippen LogP contribution in [0.3, 0.4) is 0 Å². The van der Waals surface area contributed by atoms with Crippen LogP contribution in [-0.2, 0) is 7.05 Å². The number of benzene rings is 2. The molecule has 0 aliphatic rings. The third-order valence-corrected chi connectivity index (χ3v) is 3.64. The number of anilines is 1. The van der Waals surface area contributed by atoms with Crippen molar-refractivity contribution in [1.82, 2.24) is 14.9 Å². The van der Waals surface area contributed by atoms with Gasteiger partial charge in [0.15, 0.2) is 0 Å². The molecule has 1 unspecified atom stereocenters. The Hall–Kier alpha value is -2.33. The standard InChI is InChI=1S/C16H18N4/c1-18-16(11-3-6-13(17)7-4-11)12-5-8-15-14(9-12)19-10-20(15)2/h3-10,16,18H,17H2,1-2H3. The number of hydrogen-bond acceptors (Lipinski definition) is 3. The Kier molecular flexibility index (Phi) is 3.16. The second kappa shape index (κ2) is 4.98. The van der Waals surface area contributed by atoms with Crippen LogP contribution in [0.4, 0.5) is 5.69 Å². The van der Waals surface area contributed by atoms with Crippen molar-refractivity contribution in [2.45, 2.75) is 6.04 Å². The quantitative estimate of drug-likeness (QED) is 0.716. The molecule has 0 amide bonds. The van der Waals surface area contributed by atoms with Crippen LogP contribution in [0.1, 0.15) is 17.2 Å². The van der Waals surface area contributed by atoms with Gasteiger partial charge in [0, 0.05) is 12.7 Å². The van der Waals surface area contributed by atoms with E-state index >= 15 is 0 Å². The molecular weight excluding hydrogens is 248 g/mol. The lowest BCUT2D eigenvalue weighted by molar-refractivity contribution is 0.692. The van der Waals surface area contributed by atoms with Gasteiger partial charge in [-0.3, -0.25) is 0 Å². The molecule has 1 aromatic heterocycles. The fourth-order valence-electron chi connectivity index (χ4n) is 2.55. The predicted octanol–water partition coefficient (Wildman–Crippen LogP) is 2.46. The zero-order valence-electron chi connectivity index (χ0n) is 11.7. The normalized spacial score (nSPS) is 12.7. The summed E-state index contributed by atoms with van der Waals surface area (Å²) in [6.45, 7) is 0. The van der Waals surface area contributed by atoms with Crippen LogP contribution in [0.2, 0.25) is 0 Å². The number of rotatable bonds is 3. The molecule has 2 aromatic carbocycles. The summed E-state index contributed by atoms with van der Waals surface area (Å²) in [4.78, 5) is 4.42. The minimum Gasteiger partial charge on any atom is -0.399 e. The van der Waals surface area contributed by atoms with E-state index in [2.05, 4.69) is 40.6 Å². The maximum atomic E-state index is 5.75. The van der Waals surface area contributed by atoms with Crippen molar-refractivity contribution in [2.75, 3.05) is 12.8 Å². The van der Waals surface area contributed by atoms with E-state index in [1.54, 1.807) is 0 Å². The number of hydrogen-bond donors (Lipinski definition) is 2. The third-order valence-electron chi connectivity index (χ3n) is 3.64. The highest BCUT2D eigenvalue weighted by atomic mass is 15.0. The van der Waals surface area contributed by atoms with Gasteiger partial charge in [-0.2, -0.15) is 0 Å². The lowest BCUT2D eigenvalue weighted by Crippen LogP contribution is -2.17. The Morgan fingerprint density at radius 3 is 2.50 bits per heavy atom. The van der Waals surface area contributed by atoms with Gasteiger partial charge in [0.05, 0.1) is 23.4 Å². The third kappa shape index (κ3) is 2.14. The number of imidazole rings is 1. The van der Waals surface area contributed by atoms with Crippen LogP contribution in [0.15, 0.2) is 48.8 Å². The number of aromatic nitrogens is 2. The molecule has 4 heteroatoms. The highest BCUT2D eigenvalue weighted by Crippen LogP contribution is 2.25. The van der Waals surface area contributed by atoms with Crippen molar-refractivity contribution in [3.8, 4) is 0 Å². The maximum absolute atomic E-state index is 5.75. The zero-order chi connectivity index (χ0) is 14.1. The van der Waals surface area contributed by atoms with Gasteiger partial charge in [-0.05, 0) is 42.4 Å². The molecule has 3 N–H and O–H groups in total. The van der Waals surface area contributed by atoms with Crippen molar-refractivity contribution in [2.24, 2.45) is 7.05 Å². The van der Waals surface area contributed by atoms with Crippen molar-refractivity contribution in [3.63, 3.8) is 0 Å². The largest absolute Gasteiger partial charge is 0.399 e. The second-order valence-electron chi connectivity index (χ2n) is 4.99. The summed E-state index contributed by atoms with van der Waals surface area (Å²) in [5.74, 6) is 0. The number of nitrogens with one attached hydrogen (secondary N) is 1.